The summed E-state index contributed by atoms with van der Waals surface area (Å²) in [7, 11) is 3.15. The van der Waals surface area contributed by atoms with E-state index in [1.807, 2.05) is 6.92 Å². The summed E-state index contributed by atoms with van der Waals surface area (Å²) in [5, 5.41) is 2.86. The fourth-order valence-electron chi connectivity index (χ4n) is 2.57. The van der Waals surface area contributed by atoms with E-state index in [-0.39, 0.29) is 18.3 Å². The van der Waals surface area contributed by atoms with Crippen LogP contribution in [0.5, 0.6) is 11.5 Å². The second-order valence-electron chi connectivity index (χ2n) is 5.69. The lowest BCUT2D eigenvalue weighted by atomic mass is 10.1. The Labute approximate surface area is 147 Å². The van der Waals surface area contributed by atoms with Crippen molar-refractivity contribution in [2.24, 2.45) is 0 Å². The van der Waals surface area contributed by atoms with E-state index in [9.17, 15) is 9.18 Å². The molecular weight excluding hydrogens is 323 g/mol. The third kappa shape index (κ3) is 5.46. The molecule has 6 heteroatoms. The molecule has 2 aromatic rings. The van der Waals surface area contributed by atoms with Gasteiger partial charge in [-0.1, -0.05) is 0 Å². The summed E-state index contributed by atoms with van der Waals surface area (Å²) < 4.78 is 23.9. The standard InChI is InChI=1S/C19H23FN2O3/c1-4-22(12-14-11-15(20)5-10-18(14)25-3)13-19(23)21-16-6-8-17(24-2)9-7-16/h5-11H,4,12-13H2,1-3H3,(H,21,23)/p+1. The molecule has 2 rings (SSSR count). The maximum absolute atomic E-state index is 13.5. The van der Waals surface area contributed by atoms with Crippen molar-refractivity contribution in [3.05, 3.63) is 53.8 Å². The lowest BCUT2D eigenvalue weighted by molar-refractivity contribution is -0.903. The number of carbonyl (C=O) groups is 1. The normalized spacial score (nSPS) is 11.7. The molecular formula is C19H24FN2O3+. The number of ether oxygens (including phenoxy) is 2. The molecule has 0 radical (unpaired) electrons. The monoisotopic (exact) mass is 347 g/mol. The van der Waals surface area contributed by atoms with E-state index < -0.39 is 0 Å². The molecule has 1 atom stereocenters. The Bertz CT molecular complexity index is 704. The molecule has 2 aromatic carbocycles. The number of halogens is 1. The quantitative estimate of drug-likeness (QED) is 0.767. The van der Waals surface area contributed by atoms with E-state index in [1.54, 1.807) is 44.6 Å². The molecule has 2 N–H and O–H groups in total. The number of nitrogens with one attached hydrogen (secondary N) is 2. The van der Waals surface area contributed by atoms with Gasteiger partial charge in [0.1, 0.15) is 23.9 Å². The first kappa shape index (κ1) is 18.7. The highest BCUT2D eigenvalue weighted by Gasteiger charge is 2.16. The third-order valence-electron chi connectivity index (χ3n) is 3.97. The average molecular weight is 347 g/mol. The van der Waals surface area contributed by atoms with Crippen LogP contribution in [-0.2, 0) is 11.3 Å². The Morgan fingerprint density at radius 1 is 1.12 bits per heavy atom. The maximum Gasteiger partial charge on any atom is 0.279 e. The number of carbonyl (C=O) groups excluding carboxylic acids is 1. The first-order chi connectivity index (χ1) is 12.0. The van der Waals surface area contributed by atoms with Crippen LogP contribution in [0.3, 0.4) is 0 Å². The number of likely N-dealkylation sites (N-methyl/N-ethyl adjacent to an activating group) is 1. The Morgan fingerprint density at radius 2 is 1.84 bits per heavy atom. The topological polar surface area (TPSA) is 52.0 Å². The SMILES string of the molecule is CC[NH+](CC(=O)Nc1ccc(OC)cc1)Cc1cc(F)ccc1OC. The van der Waals surface area contributed by atoms with E-state index in [0.29, 0.717) is 18.0 Å². The van der Waals surface area contributed by atoms with Gasteiger partial charge in [0.2, 0.25) is 0 Å². The van der Waals surface area contributed by atoms with Crippen molar-refractivity contribution >= 4 is 11.6 Å². The predicted octanol–water partition coefficient (Wildman–Crippen LogP) is 1.89. The average Bonchev–Trinajstić information content (AvgIpc) is 2.62. The molecule has 0 aromatic heterocycles. The van der Waals surface area contributed by atoms with Gasteiger partial charge in [0.15, 0.2) is 6.54 Å². The van der Waals surface area contributed by atoms with E-state index >= 15 is 0 Å². The summed E-state index contributed by atoms with van der Waals surface area (Å²) in [6, 6.07) is 11.6. The zero-order chi connectivity index (χ0) is 18.2. The van der Waals surface area contributed by atoms with Crippen molar-refractivity contribution in [2.45, 2.75) is 13.5 Å². The summed E-state index contributed by atoms with van der Waals surface area (Å²) in [4.78, 5) is 13.3. The van der Waals surface area contributed by atoms with Gasteiger partial charge in [-0.3, -0.25) is 4.79 Å². The molecule has 0 saturated carbocycles. The van der Waals surface area contributed by atoms with Crippen LogP contribution < -0.4 is 19.7 Å². The molecule has 0 heterocycles. The van der Waals surface area contributed by atoms with Crippen LogP contribution in [-0.4, -0.2) is 33.2 Å². The summed E-state index contributed by atoms with van der Waals surface area (Å²) >= 11 is 0. The largest absolute Gasteiger partial charge is 0.497 e. The summed E-state index contributed by atoms with van der Waals surface area (Å²) in [5.74, 6) is 0.950. The number of benzene rings is 2. The van der Waals surface area contributed by atoms with Crippen molar-refractivity contribution < 1.29 is 23.6 Å². The minimum atomic E-state index is -0.311. The molecule has 0 spiro atoms. The van der Waals surface area contributed by atoms with Crippen molar-refractivity contribution in [2.75, 3.05) is 32.6 Å². The van der Waals surface area contributed by atoms with Gasteiger partial charge in [0, 0.05) is 5.69 Å². The van der Waals surface area contributed by atoms with Crippen molar-refractivity contribution in [1.29, 1.82) is 0 Å². The highest BCUT2D eigenvalue weighted by Crippen LogP contribution is 2.18. The van der Waals surface area contributed by atoms with E-state index in [2.05, 4.69) is 5.32 Å². The molecule has 0 fully saturated rings. The van der Waals surface area contributed by atoms with Crippen LogP contribution in [0.4, 0.5) is 10.1 Å². The van der Waals surface area contributed by atoms with Gasteiger partial charge in [0.25, 0.3) is 5.91 Å². The van der Waals surface area contributed by atoms with Gasteiger partial charge in [-0.05, 0) is 49.4 Å². The smallest absolute Gasteiger partial charge is 0.279 e. The Balaban J connectivity index is 1.98. The minimum absolute atomic E-state index is 0.0996. The van der Waals surface area contributed by atoms with Gasteiger partial charge in [-0.25, -0.2) is 4.39 Å². The highest BCUT2D eigenvalue weighted by atomic mass is 19.1. The van der Waals surface area contributed by atoms with Crippen LogP contribution in [0.25, 0.3) is 0 Å². The van der Waals surface area contributed by atoms with Crippen molar-refractivity contribution in [3.8, 4) is 11.5 Å². The predicted molar refractivity (Wildman–Crippen MR) is 94.7 cm³/mol. The number of quaternary nitrogens is 1. The fourth-order valence-corrected chi connectivity index (χ4v) is 2.57. The third-order valence-corrected chi connectivity index (χ3v) is 3.97. The van der Waals surface area contributed by atoms with Gasteiger partial charge in [0.05, 0.1) is 26.3 Å². The van der Waals surface area contributed by atoms with E-state index in [1.165, 1.54) is 12.1 Å². The Morgan fingerprint density at radius 3 is 2.44 bits per heavy atom. The van der Waals surface area contributed by atoms with Gasteiger partial charge >= 0.3 is 0 Å². The van der Waals surface area contributed by atoms with Crippen LogP contribution in [0.2, 0.25) is 0 Å². The maximum atomic E-state index is 13.5. The molecule has 0 saturated heterocycles. The molecule has 134 valence electrons. The van der Waals surface area contributed by atoms with E-state index in [0.717, 1.165) is 22.8 Å². The van der Waals surface area contributed by atoms with Crippen LogP contribution >= 0.6 is 0 Å². The van der Waals surface area contributed by atoms with Crippen LogP contribution in [0, 0.1) is 5.82 Å². The molecule has 1 amide bonds. The fraction of sp³-hybridized carbons (Fsp3) is 0.316. The van der Waals surface area contributed by atoms with Crippen LogP contribution in [0.15, 0.2) is 42.5 Å². The second kappa shape index (κ2) is 9.03. The Hall–Kier alpha value is -2.60. The summed E-state index contributed by atoms with van der Waals surface area (Å²) in [5.41, 5.74) is 1.46. The molecule has 0 bridgehead atoms. The first-order valence-corrected chi connectivity index (χ1v) is 8.15. The number of hydrogen-bond donors (Lipinski definition) is 2. The number of hydrogen-bond acceptors (Lipinski definition) is 3. The second-order valence-corrected chi connectivity index (χ2v) is 5.69. The minimum Gasteiger partial charge on any atom is -0.497 e. The molecule has 0 aliphatic carbocycles. The molecule has 1 unspecified atom stereocenters. The van der Waals surface area contributed by atoms with Gasteiger partial charge in [-0.2, -0.15) is 0 Å². The molecule has 25 heavy (non-hydrogen) atoms. The zero-order valence-corrected chi connectivity index (χ0v) is 14.8. The van der Waals surface area contributed by atoms with Crippen molar-refractivity contribution in [1.82, 2.24) is 0 Å². The molecule has 0 aliphatic rings. The van der Waals surface area contributed by atoms with E-state index in [4.69, 9.17) is 9.47 Å². The summed E-state index contributed by atoms with van der Waals surface area (Å²) in [6.45, 7) is 3.51. The first-order valence-electron chi connectivity index (χ1n) is 8.15. The van der Waals surface area contributed by atoms with Gasteiger partial charge < -0.3 is 19.7 Å². The lowest BCUT2D eigenvalue weighted by Crippen LogP contribution is -3.11. The Kier molecular flexibility index (Phi) is 6.77. The number of amides is 1. The van der Waals surface area contributed by atoms with Crippen LogP contribution in [0.1, 0.15) is 12.5 Å². The highest BCUT2D eigenvalue weighted by molar-refractivity contribution is 5.91. The molecule has 0 aliphatic heterocycles. The zero-order valence-electron chi connectivity index (χ0n) is 14.8. The van der Waals surface area contributed by atoms with Gasteiger partial charge in [-0.15, -0.1) is 0 Å². The number of methoxy groups -OCH3 is 2. The molecule has 5 nitrogen and oxygen atoms in total. The van der Waals surface area contributed by atoms with Crippen molar-refractivity contribution in [3.63, 3.8) is 0 Å². The number of anilines is 1. The lowest BCUT2D eigenvalue weighted by Gasteiger charge is -2.19. The summed E-state index contributed by atoms with van der Waals surface area (Å²) in [6.07, 6.45) is 0. The number of rotatable bonds is 8.